The topological polar surface area (TPSA) is 96.0 Å². The highest BCUT2D eigenvalue weighted by Crippen LogP contribution is 2.28. The number of benzene rings is 3. The van der Waals surface area contributed by atoms with Crippen LogP contribution in [0.5, 0.6) is 0 Å². The maximum atomic E-state index is 13.5. The van der Waals surface area contributed by atoms with Gasteiger partial charge in [0, 0.05) is 16.8 Å². The van der Waals surface area contributed by atoms with Crippen molar-refractivity contribution in [3.63, 3.8) is 0 Å². The van der Waals surface area contributed by atoms with Gasteiger partial charge in [0.25, 0.3) is 5.91 Å². The Balaban J connectivity index is 0.00000186. The van der Waals surface area contributed by atoms with Crippen molar-refractivity contribution < 1.29 is 14.0 Å². The smallest absolute Gasteiger partial charge is 0.251 e. The van der Waals surface area contributed by atoms with E-state index in [9.17, 15) is 14.0 Å². The molecule has 7 nitrogen and oxygen atoms in total. The number of fused-ring (bicyclic) bond motifs is 1. The molecule has 0 bridgehead atoms. The second-order valence-electron chi connectivity index (χ2n) is 7.45. The van der Waals surface area contributed by atoms with Crippen molar-refractivity contribution in [2.75, 3.05) is 10.6 Å². The van der Waals surface area contributed by atoms with Crippen molar-refractivity contribution >= 4 is 72.4 Å². The molecule has 1 heterocycles. The lowest BCUT2D eigenvalue weighted by Gasteiger charge is -2.20. The number of aromatic nitrogens is 2. The minimum absolute atomic E-state index is 0.0278. The third-order valence-corrected chi connectivity index (χ3v) is 5.81. The summed E-state index contributed by atoms with van der Waals surface area (Å²) in [6.07, 6.45) is 1.39. The molecule has 11 heteroatoms. The van der Waals surface area contributed by atoms with Crippen molar-refractivity contribution in [1.29, 1.82) is 0 Å². The molecule has 37 heavy (non-hydrogen) atoms. The van der Waals surface area contributed by atoms with Crippen LogP contribution in [0.2, 0.25) is 5.02 Å². The van der Waals surface area contributed by atoms with Crippen molar-refractivity contribution in [3.05, 3.63) is 89.5 Å². The first-order valence-corrected chi connectivity index (χ1v) is 12.8. The molecule has 1 aromatic heterocycles. The monoisotopic (exact) mass is 559 g/mol. The summed E-state index contributed by atoms with van der Waals surface area (Å²) in [4.78, 5) is 33.9. The molecule has 0 fully saturated rings. The van der Waals surface area contributed by atoms with Crippen LogP contribution in [-0.4, -0.2) is 26.9 Å². The first kappa shape index (κ1) is 28.3. The van der Waals surface area contributed by atoms with E-state index >= 15 is 0 Å². The van der Waals surface area contributed by atoms with E-state index < -0.39 is 28.8 Å². The summed E-state index contributed by atoms with van der Waals surface area (Å²) in [6.45, 7) is 4.00. The predicted octanol–water partition coefficient (Wildman–Crippen LogP) is 6.43. The van der Waals surface area contributed by atoms with Gasteiger partial charge in [0.2, 0.25) is 5.91 Å². The Morgan fingerprint density at radius 1 is 0.946 bits per heavy atom. The van der Waals surface area contributed by atoms with Gasteiger partial charge in [0.1, 0.15) is 29.1 Å². The number of nitrogens with one attached hydrogen (secondary N) is 3. The van der Waals surface area contributed by atoms with Gasteiger partial charge >= 0.3 is 0 Å². The Kier molecular flexibility index (Phi) is 10.1. The zero-order valence-electron chi connectivity index (χ0n) is 20.0. The van der Waals surface area contributed by atoms with E-state index in [0.717, 1.165) is 0 Å². The molecular weight excluding hydrogens is 535 g/mol. The molecule has 0 radical (unpaired) electrons. The van der Waals surface area contributed by atoms with Crippen LogP contribution < -0.4 is 16.0 Å². The zero-order chi connectivity index (χ0) is 26.9. The Morgan fingerprint density at radius 3 is 2.32 bits per heavy atom. The standard InChI is InChI=1S/C24H19Cl2FN5O2P.C2H6/c25-17-11-15(6-8-18(17)27)30-22-16-10-14(7-9-19(16)28-12-29-22)31-23(33)20(32-24(34)21(26)35)13-4-2-1-3-5-13;1-2/h1-12,20-21H,35H2,(H,31,33)(H,32,34)(H,28,29,30);1-2H3/t20-,21?;/m1./s1. The maximum Gasteiger partial charge on any atom is 0.251 e. The van der Waals surface area contributed by atoms with E-state index in [-0.39, 0.29) is 5.02 Å². The van der Waals surface area contributed by atoms with E-state index in [2.05, 4.69) is 35.2 Å². The van der Waals surface area contributed by atoms with Crippen molar-refractivity contribution in [2.45, 2.75) is 25.0 Å². The molecule has 3 atom stereocenters. The lowest BCUT2D eigenvalue weighted by Crippen LogP contribution is -2.39. The van der Waals surface area contributed by atoms with E-state index in [4.69, 9.17) is 23.2 Å². The molecule has 0 aliphatic carbocycles. The number of anilines is 3. The summed E-state index contributed by atoms with van der Waals surface area (Å²) in [5, 5.41) is 8.27. The molecule has 0 aliphatic rings. The summed E-state index contributed by atoms with van der Waals surface area (Å²) in [5.74, 6) is -1.05. The second-order valence-corrected chi connectivity index (χ2v) is 9.42. The van der Waals surface area contributed by atoms with Crippen molar-refractivity contribution in [3.8, 4) is 0 Å². The average Bonchev–Trinajstić information content (AvgIpc) is 2.91. The van der Waals surface area contributed by atoms with Crippen LogP contribution in [0.4, 0.5) is 21.6 Å². The summed E-state index contributed by atoms with van der Waals surface area (Å²) in [7, 11) is 2.18. The van der Waals surface area contributed by atoms with Crippen LogP contribution in [0.3, 0.4) is 0 Å². The molecule has 0 spiro atoms. The Bertz CT molecular complexity index is 1390. The van der Waals surface area contributed by atoms with Gasteiger partial charge in [-0.25, -0.2) is 14.4 Å². The number of amides is 2. The molecule has 0 aliphatic heterocycles. The molecule has 4 aromatic rings. The van der Waals surface area contributed by atoms with Crippen LogP contribution in [0, 0.1) is 5.82 Å². The first-order chi connectivity index (χ1) is 17.8. The van der Waals surface area contributed by atoms with Crippen LogP contribution in [-0.2, 0) is 9.59 Å². The van der Waals surface area contributed by atoms with Crippen molar-refractivity contribution in [2.24, 2.45) is 0 Å². The summed E-state index contributed by atoms with van der Waals surface area (Å²) >= 11 is 11.7. The molecule has 2 unspecified atom stereocenters. The third-order valence-electron chi connectivity index (χ3n) is 5.02. The molecule has 2 amide bonds. The van der Waals surface area contributed by atoms with E-state index in [1.807, 2.05) is 19.9 Å². The summed E-state index contributed by atoms with van der Waals surface area (Å²) < 4.78 is 13.5. The van der Waals surface area contributed by atoms with Gasteiger partial charge < -0.3 is 16.0 Å². The largest absolute Gasteiger partial charge is 0.340 e. The van der Waals surface area contributed by atoms with Crippen molar-refractivity contribution in [1.82, 2.24) is 15.3 Å². The number of rotatable bonds is 7. The SMILES string of the molecule is CC.O=C(N[C@@H](C(=O)Nc1ccc2ncnc(Nc3ccc(F)c(Cl)c3)c2c1)c1ccccc1)C(P)Cl. The Morgan fingerprint density at radius 2 is 1.65 bits per heavy atom. The van der Waals surface area contributed by atoms with E-state index in [1.54, 1.807) is 42.5 Å². The van der Waals surface area contributed by atoms with Gasteiger partial charge in [-0.05, 0) is 42.0 Å². The Hall–Kier alpha value is -3.32. The molecule has 192 valence electrons. The fourth-order valence-corrected chi connectivity index (χ4v) is 3.67. The zero-order valence-corrected chi connectivity index (χ0v) is 22.7. The summed E-state index contributed by atoms with van der Waals surface area (Å²) in [5.41, 5.74) is 2.21. The molecule has 4 rings (SSSR count). The Labute approximate surface area is 226 Å². The highest BCUT2D eigenvalue weighted by Gasteiger charge is 2.24. The minimum Gasteiger partial charge on any atom is -0.340 e. The van der Waals surface area contributed by atoms with Crippen LogP contribution in [0.25, 0.3) is 10.9 Å². The predicted molar refractivity (Wildman–Crippen MR) is 151 cm³/mol. The highest BCUT2D eigenvalue weighted by atomic mass is 35.5. The average molecular weight is 560 g/mol. The molecular formula is C26H25Cl2FN5O2P. The number of halogens is 3. The lowest BCUT2D eigenvalue weighted by molar-refractivity contribution is -0.125. The van der Waals surface area contributed by atoms with E-state index in [0.29, 0.717) is 33.7 Å². The van der Waals surface area contributed by atoms with Gasteiger partial charge in [-0.2, -0.15) is 0 Å². The number of carbonyl (C=O) groups excluding carboxylic acids is 2. The van der Waals surface area contributed by atoms with E-state index in [1.165, 1.54) is 24.5 Å². The first-order valence-electron chi connectivity index (χ1n) is 11.3. The van der Waals surface area contributed by atoms with Gasteiger partial charge in [0.15, 0.2) is 0 Å². The van der Waals surface area contributed by atoms with Gasteiger partial charge in [0.05, 0.1) is 10.5 Å². The van der Waals surface area contributed by atoms with Gasteiger partial charge in [-0.1, -0.05) is 55.8 Å². The maximum absolute atomic E-state index is 13.5. The number of hydrogen-bond donors (Lipinski definition) is 3. The third kappa shape index (κ3) is 7.35. The van der Waals surface area contributed by atoms with Crippen LogP contribution in [0.1, 0.15) is 25.5 Å². The molecule has 0 saturated heterocycles. The van der Waals surface area contributed by atoms with Gasteiger partial charge in [-0.15, -0.1) is 20.8 Å². The number of nitrogens with zero attached hydrogens (tertiary/aromatic N) is 2. The lowest BCUT2D eigenvalue weighted by atomic mass is 10.1. The number of carbonyl (C=O) groups is 2. The summed E-state index contributed by atoms with van der Waals surface area (Å²) in [6, 6.07) is 17.2. The molecule has 3 N–H and O–H groups in total. The second kappa shape index (κ2) is 13.3. The highest BCUT2D eigenvalue weighted by molar-refractivity contribution is 7.23. The normalized spacial score (nSPS) is 12.1. The number of hydrogen-bond acceptors (Lipinski definition) is 5. The minimum atomic E-state index is -0.966. The quantitative estimate of drug-likeness (QED) is 0.179. The van der Waals surface area contributed by atoms with Crippen LogP contribution >= 0.6 is 32.4 Å². The molecule has 3 aromatic carbocycles. The van der Waals surface area contributed by atoms with Crippen LogP contribution in [0.15, 0.2) is 73.1 Å². The van der Waals surface area contributed by atoms with Gasteiger partial charge in [-0.3, -0.25) is 9.59 Å². The molecule has 0 saturated carbocycles. The fourth-order valence-electron chi connectivity index (χ4n) is 3.33. The fraction of sp³-hybridized carbons (Fsp3) is 0.154. The number of alkyl halides is 1.